The molecule has 2 aromatic rings. The van der Waals surface area contributed by atoms with Gasteiger partial charge in [-0.1, -0.05) is 62.6 Å². The van der Waals surface area contributed by atoms with Crippen LogP contribution in [0.15, 0.2) is 48.5 Å². The molecule has 2 aliphatic heterocycles. The molecule has 1 amide bonds. The fraction of sp³-hybridized carbons (Fsp3) is 0.681. The number of amides is 1. The van der Waals surface area contributed by atoms with Gasteiger partial charge in [0.1, 0.15) is 6.10 Å². The van der Waals surface area contributed by atoms with Crippen LogP contribution in [-0.4, -0.2) is 112 Å². The van der Waals surface area contributed by atoms with E-state index in [4.69, 9.17) is 23.7 Å². The van der Waals surface area contributed by atoms with Gasteiger partial charge in [0.05, 0.1) is 45.9 Å². The summed E-state index contributed by atoms with van der Waals surface area (Å²) in [5.74, 6) is 1.13. The van der Waals surface area contributed by atoms with Gasteiger partial charge in [0.15, 0.2) is 11.5 Å². The predicted molar refractivity (Wildman–Crippen MR) is 224 cm³/mol. The first-order valence-electron chi connectivity index (χ1n) is 22.3. The predicted octanol–water partition coefficient (Wildman–Crippen LogP) is 6.78. The molecule has 1 N–H and O–H groups in total. The van der Waals surface area contributed by atoms with Crippen LogP contribution in [0.2, 0.25) is 0 Å². The number of likely N-dealkylation sites (tertiary alicyclic amines) is 2. The van der Waals surface area contributed by atoms with Gasteiger partial charge in [-0.2, -0.15) is 0 Å². The van der Waals surface area contributed by atoms with Crippen molar-refractivity contribution in [2.75, 3.05) is 53.6 Å². The number of hydrogen-bond acceptors (Lipinski definition) is 10. The first kappa shape index (κ1) is 43.9. The molecule has 0 bridgehead atoms. The molecule has 0 aromatic heterocycles. The van der Waals surface area contributed by atoms with E-state index >= 15 is 0 Å². The maximum Gasteiger partial charge on any atom is 0.308 e. The van der Waals surface area contributed by atoms with Gasteiger partial charge in [0.2, 0.25) is 5.91 Å². The number of nitrogens with one attached hydrogen (secondary N) is 1. The van der Waals surface area contributed by atoms with E-state index in [1.807, 2.05) is 44.2 Å². The molecule has 11 nitrogen and oxygen atoms in total. The lowest BCUT2D eigenvalue weighted by Crippen LogP contribution is -2.48. The zero-order valence-corrected chi connectivity index (χ0v) is 35.5. The summed E-state index contributed by atoms with van der Waals surface area (Å²) in [6.45, 7) is 7.63. The molecule has 2 aliphatic carbocycles. The second-order valence-corrected chi connectivity index (χ2v) is 17.1. The van der Waals surface area contributed by atoms with E-state index in [1.54, 1.807) is 14.2 Å². The van der Waals surface area contributed by atoms with Gasteiger partial charge in [0, 0.05) is 50.2 Å². The molecule has 2 saturated heterocycles. The largest absolute Gasteiger partial charge is 0.493 e. The minimum atomic E-state index is -0.325. The number of methoxy groups -OCH3 is 2. The topological polar surface area (TPSA) is 116 Å². The molecule has 6 rings (SSSR count). The minimum absolute atomic E-state index is 0.0831. The van der Waals surface area contributed by atoms with Crippen molar-refractivity contribution >= 4 is 17.8 Å². The van der Waals surface area contributed by atoms with Crippen molar-refractivity contribution in [3.63, 3.8) is 0 Å². The summed E-state index contributed by atoms with van der Waals surface area (Å²) in [6.07, 6.45) is 12.8. The Kier molecular flexibility index (Phi) is 16.7. The van der Waals surface area contributed by atoms with Gasteiger partial charge in [0.25, 0.3) is 0 Å². The monoisotopic (exact) mass is 804 g/mol. The van der Waals surface area contributed by atoms with Crippen LogP contribution in [0, 0.1) is 17.8 Å². The highest BCUT2D eigenvalue weighted by Crippen LogP contribution is 2.42. The van der Waals surface area contributed by atoms with Crippen molar-refractivity contribution in [1.29, 1.82) is 0 Å². The Balaban J connectivity index is 0.930. The second-order valence-electron chi connectivity index (χ2n) is 17.1. The number of rotatable bonds is 21. The average molecular weight is 804 g/mol. The normalized spacial score (nSPS) is 25.6. The van der Waals surface area contributed by atoms with Gasteiger partial charge in [-0.05, 0) is 100 Å². The SMILES string of the molecule is CCOC(=O)[C@@H](CCc1ccccc1)C[C@H](C)C(=O)N1[C@@H](CNCCC(=O)O[C@@H]2CCN([C@@H]3CCCC[C@H]3OCCc3ccc(OC)c(OC)c3)C2)C[C@H]2CCC[C@H]21. The zero-order chi connectivity index (χ0) is 40.9. The minimum Gasteiger partial charge on any atom is -0.493 e. The van der Waals surface area contributed by atoms with E-state index in [-0.39, 0.29) is 54.0 Å². The third-order valence-corrected chi connectivity index (χ3v) is 13.2. The Morgan fingerprint density at radius 1 is 0.879 bits per heavy atom. The van der Waals surface area contributed by atoms with E-state index in [2.05, 4.69) is 33.3 Å². The standard InChI is InChI=1S/C47H69N3O8/c1-5-56-47(53)37(20-18-34-12-7-6-8-13-34)28-33(2)46(52)50-38(30-36-14-11-16-40(36)50)31-48-25-22-45(51)58-39-23-26-49(32-39)41-15-9-10-17-42(41)57-27-24-35-19-21-43(54-3)44(29-35)55-4/h6-8,12-13,19,21,29,33,36-42,48H,5,9-11,14-18,20,22-28,30-32H2,1-4H3/t33-,36+,37-,38+,39+,40+,41+,42+/m0/s1. The summed E-state index contributed by atoms with van der Waals surface area (Å²) in [6, 6.07) is 16.9. The molecule has 11 heteroatoms. The number of carbonyl (C=O) groups excluding carboxylic acids is 3. The van der Waals surface area contributed by atoms with E-state index in [9.17, 15) is 14.4 Å². The Labute approximate surface area is 346 Å². The smallest absolute Gasteiger partial charge is 0.308 e. The van der Waals surface area contributed by atoms with E-state index in [0.29, 0.717) is 57.5 Å². The fourth-order valence-electron chi connectivity index (χ4n) is 10.2. The highest BCUT2D eigenvalue weighted by Gasteiger charge is 2.47. The lowest BCUT2D eigenvalue weighted by molar-refractivity contribution is -0.150. The second kappa shape index (κ2) is 22.1. The first-order chi connectivity index (χ1) is 28.3. The Hall–Kier alpha value is -3.67. The van der Waals surface area contributed by atoms with Crippen LogP contribution in [0.5, 0.6) is 11.5 Å². The first-order valence-corrected chi connectivity index (χ1v) is 22.3. The number of fused-ring (bicyclic) bond motifs is 1. The van der Waals surface area contributed by atoms with E-state index in [0.717, 1.165) is 87.9 Å². The Bertz CT molecular complexity index is 1610. The lowest BCUT2D eigenvalue weighted by atomic mass is 9.89. The summed E-state index contributed by atoms with van der Waals surface area (Å²) in [5, 5.41) is 3.51. The lowest BCUT2D eigenvalue weighted by Gasteiger charge is -2.37. The van der Waals surface area contributed by atoms with Gasteiger partial charge in [-0.15, -0.1) is 0 Å². The molecule has 4 fully saturated rings. The molecule has 0 spiro atoms. The number of esters is 2. The molecule has 0 radical (unpaired) electrons. The van der Waals surface area contributed by atoms with Gasteiger partial charge < -0.3 is 33.9 Å². The average Bonchev–Trinajstić information content (AvgIpc) is 3.98. The van der Waals surface area contributed by atoms with Crippen LogP contribution in [0.25, 0.3) is 0 Å². The molecule has 8 atom stereocenters. The quantitative estimate of drug-likeness (QED) is 0.107. The van der Waals surface area contributed by atoms with Gasteiger partial charge in [-0.25, -0.2) is 0 Å². The Morgan fingerprint density at radius 3 is 2.47 bits per heavy atom. The molecule has 2 saturated carbocycles. The van der Waals surface area contributed by atoms with Crippen molar-refractivity contribution in [1.82, 2.24) is 15.1 Å². The summed E-state index contributed by atoms with van der Waals surface area (Å²) in [4.78, 5) is 44.9. The van der Waals surface area contributed by atoms with Crippen LogP contribution < -0.4 is 14.8 Å². The van der Waals surface area contributed by atoms with Crippen LogP contribution in [0.1, 0.15) is 102 Å². The molecule has 320 valence electrons. The molecule has 2 heterocycles. The van der Waals surface area contributed by atoms with Crippen LogP contribution in [-0.2, 0) is 41.4 Å². The molecule has 0 unspecified atom stereocenters. The van der Waals surface area contributed by atoms with Crippen molar-refractivity contribution in [3.05, 3.63) is 59.7 Å². The van der Waals surface area contributed by atoms with E-state index in [1.165, 1.54) is 18.4 Å². The molecule has 58 heavy (non-hydrogen) atoms. The van der Waals surface area contributed by atoms with E-state index < -0.39 is 0 Å². The van der Waals surface area contributed by atoms with Gasteiger partial charge >= 0.3 is 11.9 Å². The number of hydrogen-bond donors (Lipinski definition) is 1. The Morgan fingerprint density at radius 2 is 1.67 bits per heavy atom. The van der Waals surface area contributed by atoms with Gasteiger partial charge in [-0.3, -0.25) is 19.3 Å². The number of aryl methyl sites for hydroxylation is 1. The van der Waals surface area contributed by atoms with Crippen LogP contribution >= 0.6 is 0 Å². The number of carbonyl (C=O) groups is 3. The zero-order valence-electron chi connectivity index (χ0n) is 35.5. The number of ether oxygens (including phenoxy) is 5. The number of benzene rings is 2. The molecule has 4 aliphatic rings. The van der Waals surface area contributed by atoms with Crippen LogP contribution in [0.3, 0.4) is 0 Å². The van der Waals surface area contributed by atoms with Crippen LogP contribution in [0.4, 0.5) is 0 Å². The van der Waals surface area contributed by atoms with Crippen molar-refractivity contribution in [2.45, 2.75) is 134 Å². The summed E-state index contributed by atoms with van der Waals surface area (Å²) < 4.78 is 28.8. The summed E-state index contributed by atoms with van der Waals surface area (Å²) in [5.41, 5.74) is 2.34. The maximum absolute atomic E-state index is 14.2. The number of nitrogens with zero attached hydrogens (tertiary/aromatic N) is 2. The molecule has 2 aromatic carbocycles. The molecular formula is C47H69N3O8. The summed E-state index contributed by atoms with van der Waals surface area (Å²) in [7, 11) is 3.30. The third kappa shape index (κ3) is 11.7. The van der Waals surface area contributed by atoms with Crippen molar-refractivity contribution in [3.8, 4) is 11.5 Å². The fourth-order valence-corrected chi connectivity index (χ4v) is 10.2. The third-order valence-electron chi connectivity index (χ3n) is 13.2. The maximum atomic E-state index is 14.2. The van der Waals surface area contributed by atoms with Crippen molar-refractivity contribution < 1.29 is 38.1 Å². The highest BCUT2D eigenvalue weighted by molar-refractivity contribution is 5.81. The summed E-state index contributed by atoms with van der Waals surface area (Å²) >= 11 is 0. The molecular weight excluding hydrogens is 735 g/mol. The van der Waals surface area contributed by atoms with Crippen molar-refractivity contribution in [2.24, 2.45) is 17.8 Å². The highest BCUT2D eigenvalue weighted by atomic mass is 16.5.